The number of aryl methyl sites for hydroxylation is 1. The van der Waals surface area contributed by atoms with E-state index in [4.69, 9.17) is 10.5 Å². The molecule has 0 aliphatic heterocycles. The maximum atomic E-state index is 5.78. The molecule has 0 saturated carbocycles. The molecule has 4 heteroatoms. The van der Waals surface area contributed by atoms with Gasteiger partial charge in [0.15, 0.2) is 0 Å². The molecule has 0 bridgehead atoms. The van der Waals surface area contributed by atoms with E-state index in [1.807, 2.05) is 18.2 Å². The summed E-state index contributed by atoms with van der Waals surface area (Å²) in [6.45, 7) is 1.43. The van der Waals surface area contributed by atoms with Gasteiger partial charge < -0.3 is 10.5 Å². The molecule has 2 aromatic rings. The van der Waals surface area contributed by atoms with Gasteiger partial charge in [-0.05, 0) is 42.5 Å². The Hall–Kier alpha value is -2.62. The highest BCUT2D eigenvalue weighted by atomic mass is 16.5. The summed E-state index contributed by atoms with van der Waals surface area (Å²) >= 11 is 0. The topological polar surface area (TPSA) is 60.0 Å². The normalized spacial score (nSPS) is 11.3. The first-order valence-corrected chi connectivity index (χ1v) is 7.86. The molecule has 2 N–H and O–H groups in total. The molecule has 0 aromatic heterocycles. The van der Waals surface area contributed by atoms with Crippen molar-refractivity contribution in [3.05, 3.63) is 65.7 Å². The van der Waals surface area contributed by atoms with E-state index >= 15 is 0 Å². The first-order valence-electron chi connectivity index (χ1n) is 7.86. The number of hydrogen-bond acceptors (Lipinski definition) is 2. The van der Waals surface area contributed by atoms with Crippen molar-refractivity contribution in [1.82, 2.24) is 0 Å². The minimum absolute atomic E-state index is 0.703. The van der Waals surface area contributed by atoms with Crippen molar-refractivity contribution in [2.75, 3.05) is 13.2 Å². The van der Waals surface area contributed by atoms with Crippen LogP contribution >= 0.6 is 0 Å². The van der Waals surface area contributed by atoms with E-state index in [0.717, 1.165) is 31.6 Å². The molecule has 0 spiro atoms. The fourth-order valence-corrected chi connectivity index (χ4v) is 2.20. The molecule has 0 unspecified atom stereocenters. The molecule has 0 radical (unpaired) electrons. The third-order valence-corrected chi connectivity index (χ3v) is 3.41. The second-order valence-electron chi connectivity index (χ2n) is 5.15. The lowest BCUT2D eigenvalue weighted by molar-refractivity contribution is 0.311. The summed E-state index contributed by atoms with van der Waals surface area (Å²) in [7, 11) is 0. The molecule has 2 aromatic carbocycles. The lowest BCUT2D eigenvalue weighted by Crippen LogP contribution is -1.99. The molecule has 0 saturated heterocycles. The van der Waals surface area contributed by atoms with Gasteiger partial charge in [-0.15, -0.1) is 0 Å². The summed E-state index contributed by atoms with van der Waals surface area (Å²) < 4.78 is 5.78. The Labute approximate surface area is 137 Å². The molecule has 4 nitrogen and oxygen atoms in total. The molecule has 120 valence electrons. The van der Waals surface area contributed by atoms with Gasteiger partial charge in [-0.2, -0.15) is 0 Å². The van der Waals surface area contributed by atoms with Crippen LogP contribution in [-0.4, -0.2) is 25.8 Å². The van der Waals surface area contributed by atoms with E-state index in [2.05, 4.69) is 46.4 Å². The van der Waals surface area contributed by atoms with Crippen LogP contribution < -0.4 is 10.5 Å². The molecular weight excluding hydrogens is 286 g/mol. The van der Waals surface area contributed by atoms with Gasteiger partial charge in [-0.1, -0.05) is 42.5 Å². The van der Waals surface area contributed by atoms with Crippen molar-refractivity contribution in [1.29, 1.82) is 0 Å². The van der Waals surface area contributed by atoms with Crippen molar-refractivity contribution >= 4 is 12.7 Å². The third-order valence-electron chi connectivity index (χ3n) is 3.41. The van der Waals surface area contributed by atoms with E-state index in [-0.39, 0.29) is 0 Å². The van der Waals surface area contributed by atoms with Gasteiger partial charge in [0, 0.05) is 6.54 Å². The Bertz CT molecular complexity index is 606. The predicted octanol–water partition coefficient (Wildman–Crippen LogP) is 3.26. The maximum Gasteiger partial charge on any atom is 0.119 e. The standard InChI is InChI=1S/C19H23N3O/c20-15-22-16-21-13-12-18-8-10-19(11-9-18)23-14-4-7-17-5-2-1-3-6-17/h1-3,5-6,8-11,15-16H,4,7,12-14H2,(H2,20,21,22). The molecule has 0 aliphatic rings. The van der Waals surface area contributed by atoms with Crippen molar-refractivity contribution in [3.63, 3.8) is 0 Å². The average Bonchev–Trinajstić information content (AvgIpc) is 2.61. The largest absolute Gasteiger partial charge is 0.494 e. The van der Waals surface area contributed by atoms with E-state index < -0.39 is 0 Å². The number of hydrogen-bond donors (Lipinski definition) is 1. The van der Waals surface area contributed by atoms with Gasteiger partial charge in [0.05, 0.1) is 12.9 Å². The minimum Gasteiger partial charge on any atom is -0.494 e. The Morgan fingerprint density at radius 2 is 1.65 bits per heavy atom. The van der Waals surface area contributed by atoms with Crippen molar-refractivity contribution in [2.45, 2.75) is 19.3 Å². The zero-order chi connectivity index (χ0) is 16.2. The number of rotatable bonds is 9. The number of aliphatic imine (C=N–C) groups is 2. The molecule has 0 atom stereocenters. The van der Waals surface area contributed by atoms with E-state index in [1.54, 1.807) is 0 Å². The SMILES string of the molecule is NC=NC=NCCc1ccc(OCCCc2ccccc2)cc1. The second kappa shape index (κ2) is 10.2. The zero-order valence-electron chi connectivity index (χ0n) is 13.3. The van der Waals surface area contributed by atoms with Gasteiger partial charge in [-0.3, -0.25) is 4.99 Å². The summed E-state index contributed by atoms with van der Waals surface area (Å²) in [5.41, 5.74) is 7.71. The van der Waals surface area contributed by atoms with Gasteiger partial charge in [-0.25, -0.2) is 4.99 Å². The zero-order valence-corrected chi connectivity index (χ0v) is 13.3. The van der Waals surface area contributed by atoms with Gasteiger partial charge in [0.25, 0.3) is 0 Å². The van der Waals surface area contributed by atoms with Crippen molar-refractivity contribution in [2.24, 2.45) is 15.7 Å². The Morgan fingerprint density at radius 3 is 2.39 bits per heavy atom. The van der Waals surface area contributed by atoms with E-state index in [9.17, 15) is 0 Å². The van der Waals surface area contributed by atoms with Crippen LogP contribution in [0.5, 0.6) is 5.75 Å². The molecule has 0 heterocycles. The van der Waals surface area contributed by atoms with Crippen LogP contribution in [0.25, 0.3) is 0 Å². The maximum absolute atomic E-state index is 5.78. The van der Waals surface area contributed by atoms with E-state index in [1.165, 1.54) is 23.8 Å². The first-order chi connectivity index (χ1) is 11.4. The van der Waals surface area contributed by atoms with Crippen molar-refractivity contribution < 1.29 is 4.74 Å². The van der Waals surface area contributed by atoms with Crippen LogP contribution in [0, 0.1) is 0 Å². The highest BCUT2D eigenvalue weighted by Gasteiger charge is 1.97. The summed E-state index contributed by atoms with van der Waals surface area (Å²) in [6.07, 6.45) is 5.65. The Morgan fingerprint density at radius 1 is 0.913 bits per heavy atom. The number of nitrogens with two attached hydrogens (primary N) is 1. The van der Waals surface area contributed by atoms with Crippen LogP contribution in [0.4, 0.5) is 0 Å². The Kier molecular flexibility index (Phi) is 7.40. The van der Waals surface area contributed by atoms with Crippen LogP contribution in [-0.2, 0) is 12.8 Å². The molecule has 23 heavy (non-hydrogen) atoms. The Balaban J connectivity index is 1.66. The highest BCUT2D eigenvalue weighted by Crippen LogP contribution is 2.13. The van der Waals surface area contributed by atoms with Gasteiger partial charge >= 0.3 is 0 Å². The molecule has 0 fully saturated rings. The number of ether oxygens (including phenoxy) is 1. The quantitative estimate of drug-likeness (QED) is 0.439. The summed E-state index contributed by atoms with van der Waals surface area (Å²) in [6, 6.07) is 18.7. The summed E-state index contributed by atoms with van der Waals surface area (Å²) in [5, 5.41) is 0. The van der Waals surface area contributed by atoms with Crippen LogP contribution in [0.2, 0.25) is 0 Å². The number of benzene rings is 2. The van der Waals surface area contributed by atoms with E-state index in [0.29, 0.717) is 6.54 Å². The summed E-state index contributed by atoms with van der Waals surface area (Å²) in [5.74, 6) is 0.915. The van der Waals surface area contributed by atoms with Crippen LogP contribution in [0.1, 0.15) is 17.5 Å². The second-order valence-corrected chi connectivity index (χ2v) is 5.15. The monoisotopic (exact) mass is 309 g/mol. The van der Waals surface area contributed by atoms with Gasteiger partial charge in [0.1, 0.15) is 12.1 Å². The molecule has 2 rings (SSSR count). The fourth-order valence-electron chi connectivity index (χ4n) is 2.20. The minimum atomic E-state index is 0.703. The fraction of sp³-hybridized carbons (Fsp3) is 0.263. The lowest BCUT2D eigenvalue weighted by atomic mass is 10.1. The molecule has 0 aliphatic carbocycles. The van der Waals surface area contributed by atoms with Gasteiger partial charge in [0.2, 0.25) is 0 Å². The first kappa shape index (κ1) is 16.7. The highest BCUT2D eigenvalue weighted by molar-refractivity contribution is 5.69. The van der Waals surface area contributed by atoms with Crippen LogP contribution in [0.15, 0.2) is 64.6 Å². The molecule has 0 amide bonds. The average molecular weight is 309 g/mol. The third kappa shape index (κ3) is 6.78. The van der Waals surface area contributed by atoms with Crippen molar-refractivity contribution in [3.8, 4) is 5.75 Å². The lowest BCUT2D eigenvalue weighted by Gasteiger charge is -2.07. The smallest absolute Gasteiger partial charge is 0.119 e. The van der Waals surface area contributed by atoms with Crippen LogP contribution in [0.3, 0.4) is 0 Å². The summed E-state index contributed by atoms with van der Waals surface area (Å²) in [4.78, 5) is 7.86. The molecular formula is C19H23N3O. The number of nitrogens with zero attached hydrogens (tertiary/aromatic N) is 2. The predicted molar refractivity (Wildman–Crippen MR) is 96.4 cm³/mol.